The molecule has 0 aliphatic carbocycles. The topological polar surface area (TPSA) is 67.2 Å². The van der Waals surface area contributed by atoms with Crippen LogP contribution in [0.1, 0.15) is 35.6 Å². The highest BCUT2D eigenvalue weighted by atomic mass is 32.1. The molecule has 1 amide bonds. The Bertz CT molecular complexity index is 592. The molecule has 0 fully saturated rings. The standard InChI is InChI=1S/C15H21N3O2S/c1-4-10(2)12(9-19)17-14(20)13-11(3)16-15(21-13)18-7-5-6-8-18/h5-8,10,12,19H,4,9H2,1-3H3,(H,17,20)/t10-,12+/m1/s1. The van der Waals surface area contributed by atoms with Crippen molar-refractivity contribution in [1.29, 1.82) is 0 Å². The summed E-state index contributed by atoms with van der Waals surface area (Å²) in [6.07, 6.45) is 4.70. The maximum atomic E-state index is 12.4. The number of aliphatic hydroxyl groups is 1. The minimum Gasteiger partial charge on any atom is -0.394 e. The van der Waals surface area contributed by atoms with E-state index in [0.29, 0.717) is 10.6 Å². The molecule has 21 heavy (non-hydrogen) atoms. The number of aromatic nitrogens is 2. The van der Waals surface area contributed by atoms with Crippen LogP contribution in [0, 0.1) is 12.8 Å². The third-order valence-corrected chi connectivity index (χ3v) is 4.83. The fourth-order valence-electron chi connectivity index (χ4n) is 2.05. The number of thiazole rings is 1. The van der Waals surface area contributed by atoms with Gasteiger partial charge in [0.05, 0.1) is 18.3 Å². The van der Waals surface area contributed by atoms with Crippen molar-refractivity contribution in [3.63, 3.8) is 0 Å². The van der Waals surface area contributed by atoms with Gasteiger partial charge in [0.1, 0.15) is 4.88 Å². The van der Waals surface area contributed by atoms with E-state index in [1.807, 2.05) is 49.9 Å². The van der Waals surface area contributed by atoms with Crippen LogP contribution in [0.15, 0.2) is 24.5 Å². The Morgan fingerprint density at radius 2 is 2.14 bits per heavy atom. The van der Waals surface area contributed by atoms with E-state index in [4.69, 9.17) is 0 Å². The molecule has 0 spiro atoms. The molecule has 2 heterocycles. The minimum absolute atomic E-state index is 0.0525. The zero-order chi connectivity index (χ0) is 15.4. The van der Waals surface area contributed by atoms with Crippen molar-refractivity contribution < 1.29 is 9.90 Å². The zero-order valence-corrected chi connectivity index (χ0v) is 13.4. The van der Waals surface area contributed by atoms with Crippen molar-refractivity contribution in [3.8, 4) is 5.13 Å². The third-order valence-electron chi connectivity index (χ3n) is 3.66. The van der Waals surface area contributed by atoms with Gasteiger partial charge < -0.3 is 15.0 Å². The van der Waals surface area contributed by atoms with Crippen LogP contribution in [-0.2, 0) is 0 Å². The zero-order valence-electron chi connectivity index (χ0n) is 12.5. The molecule has 2 aromatic rings. The van der Waals surface area contributed by atoms with Crippen LogP contribution >= 0.6 is 11.3 Å². The van der Waals surface area contributed by atoms with Crippen molar-refractivity contribution in [2.45, 2.75) is 33.2 Å². The average Bonchev–Trinajstić information content (AvgIpc) is 3.12. The first kappa shape index (κ1) is 15.7. The van der Waals surface area contributed by atoms with E-state index in [0.717, 1.165) is 11.6 Å². The normalized spacial score (nSPS) is 13.9. The van der Waals surface area contributed by atoms with Gasteiger partial charge in [-0.2, -0.15) is 0 Å². The highest BCUT2D eigenvalue weighted by Crippen LogP contribution is 2.22. The maximum absolute atomic E-state index is 12.4. The van der Waals surface area contributed by atoms with Crippen molar-refractivity contribution in [3.05, 3.63) is 35.1 Å². The molecule has 5 nitrogen and oxygen atoms in total. The fourth-order valence-corrected chi connectivity index (χ4v) is 2.99. The summed E-state index contributed by atoms with van der Waals surface area (Å²) in [7, 11) is 0. The summed E-state index contributed by atoms with van der Waals surface area (Å²) < 4.78 is 1.88. The van der Waals surface area contributed by atoms with Gasteiger partial charge in [0.25, 0.3) is 5.91 Å². The van der Waals surface area contributed by atoms with E-state index in [2.05, 4.69) is 10.3 Å². The minimum atomic E-state index is -0.223. The Labute approximate surface area is 128 Å². The molecule has 2 aromatic heterocycles. The number of hydrogen-bond donors (Lipinski definition) is 2. The second kappa shape index (κ2) is 6.87. The molecule has 0 aromatic carbocycles. The van der Waals surface area contributed by atoms with Crippen LogP contribution in [0.5, 0.6) is 0 Å². The smallest absolute Gasteiger partial charge is 0.263 e. The molecule has 0 aliphatic heterocycles. The number of aryl methyl sites for hydroxylation is 1. The lowest BCUT2D eigenvalue weighted by molar-refractivity contribution is 0.0895. The van der Waals surface area contributed by atoms with Gasteiger partial charge in [-0.1, -0.05) is 31.6 Å². The predicted octanol–water partition coefficient (Wildman–Crippen LogP) is 2.38. The molecule has 2 N–H and O–H groups in total. The average molecular weight is 307 g/mol. The van der Waals surface area contributed by atoms with E-state index in [-0.39, 0.29) is 24.5 Å². The molecule has 0 radical (unpaired) electrons. The van der Waals surface area contributed by atoms with Gasteiger partial charge in [0, 0.05) is 12.4 Å². The predicted molar refractivity (Wildman–Crippen MR) is 84.0 cm³/mol. The molecule has 2 rings (SSSR count). The molecule has 0 unspecified atom stereocenters. The molecule has 114 valence electrons. The van der Waals surface area contributed by atoms with E-state index in [1.54, 1.807) is 0 Å². The Morgan fingerprint density at radius 3 is 2.71 bits per heavy atom. The number of carbonyl (C=O) groups excluding carboxylic acids is 1. The van der Waals surface area contributed by atoms with Crippen LogP contribution in [0.2, 0.25) is 0 Å². The molecular weight excluding hydrogens is 286 g/mol. The molecule has 2 atom stereocenters. The summed E-state index contributed by atoms with van der Waals surface area (Å²) in [5.74, 6) is 0.0684. The van der Waals surface area contributed by atoms with Gasteiger partial charge in [0.15, 0.2) is 5.13 Å². The molecule has 0 bridgehead atoms. The van der Waals surface area contributed by atoms with Crippen LogP contribution in [0.4, 0.5) is 0 Å². The lowest BCUT2D eigenvalue weighted by Gasteiger charge is -2.21. The highest BCUT2D eigenvalue weighted by molar-refractivity contribution is 7.16. The van der Waals surface area contributed by atoms with Crippen LogP contribution in [0.25, 0.3) is 5.13 Å². The van der Waals surface area contributed by atoms with Crippen LogP contribution < -0.4 is 5.32 Å². The lowest BCUT2D eigenvalue weighted by Crippen LogP contribution is -2.41. The Hall–Kier alpha value is -1.66. The maximum Gasteiger partial charge on any atom is 0.263 e. The van der Waals surface area contributed by atoms with Gasteiger partial charge in [-0.25, -0.2) is 4.98 Å². The summed E-state index contributed by atoms with van der Waals surface area (Å²) in [5.41, 5.74) is 0.710. The number of carbonyl (C=O) groups is 1. The molecule has 0 saturated heterocycles. The first-order chi connectivity index (χ1) is 10.1. The van der Waals surface area contributed by atoms with E-state index in [1.165, 1.54) is 11.3 Å². The SMILES string of the molecule is CC[C@@H](C)[C@H](CO)NC(=O)c1sc(-n2cccc2)nc1C. The Morgan fingerprint density at radius 1 is 1.48 bits per heavy atom. The van der Waals surface area contributed by atoms with Gasteiger partial charge in [-0.05, 0) is 25.0 Å². The van der Waals surface area contributed by atoms with Crippen LogP contribution in [-0.4, -0.2) is 33.2 Å². The fraction of sp³-hybridized carbons (Fsp3) is 0.467. The highest BCUT2D eigenvalue weighted by Gasteiger charge is 2.21. The number of hydrogen-bond acceptors (Lipinski definition) is 4. The molecular formula is C15H21N3O2S. The van der Waals surface area contributed by atoms with Crippen molar-refractivity contribution in [1.82, 2.24) is 14.9 Å². The number of rotatable bonds is 6. The quantitative estimate of drug-likeness (QED) is 0.861. The van der Waals surface area contributed by atoms with Gasteiger partial charge in [-0.15, -0.1) is 0 Å². The number of nitrogens with one attached hydrogen (secondary N) is 1. The summed E-state index contributed by atoms with van der Waals surface area (Å²) in [6.45, 7) is 5.84. The monoisotopic (exact) mass is 307 g/mol. The third kappa shape index (κ3) is 3.51. The molecule has 0 aliphatic rings. The number of nitrogens with zero attached hydrogens (tertiary/aromatic N) is 2. The number of amides is 1. The van der Waals surface area contributed by atoms with Crippen molar-refractivity contribution >= 4 is 17.2 Å². The summed E-state index contributed by atoms with van der Waals surface area (Å²) in [5, 5.41) is 13.1. The van der Waals surface area contributed by atoms with Gasteiger partial charge >= 0.3 is 0 Å². The molecule has 6 heteroatoms. The summed E-state index contributed by atoms with van der Waals surface area (Å²) in [4.78, 5) is 17.4. The molecule has 0 saturated carbocycles. The summed E-state index contributed by atoms with van der Waals surface area (Å²) >= 11 is 1.36. The summed E-state index contributed by atoms with van der Waals surface area (Å²) in [6, 6.07) is 3.61. The van der Waals surface area contributed by atoms with Crippen LogP contribution in [0.3, 0.4) is 0 Å². The second-order valence-electron chi connectivity index (χ2n) is 5.15. The largest absolute Gasteiger partial charge is 0.394 e. The van der Waals surface area contributed by atoms with E-state index >= 15 is 0 Å². The number of aliphatic hydroxyl groups excluding tert-OH is 1. The van der Waals surface area contributed by atoms with Crippen molar-refractivity contribution in [2.24, 2.45) is 5.92 Å². The Kier molecular flexibility index (Phi) is 5.14. The van der Waals surface area contributed by atoms with E-state index < -0.39 is 0 Å². The lowest BCUT2D eigenvalue weighted by atomic mass is 10.00. The first-order valence-electron chi connectivity index (χ1n) is 7.09. The van der Waals surface area contributed by atoms with E-state index in [9.17, 15) is 9.90 Å². The van der Waals surface area contributed by atoms with Crippen molar-refractivity contribution in [2.75, 3.05) is 6.61 Å². The van der Waals surface area contributed by atoms with Gasteiger partial charge in [-0.3, -0.25) is 4.79 Å². The van der Waals surface area contributed by atoms with Gasteiger partial charge in [0.2, 0.25) is 0 Å². The second-order valence-corrected chi connectivity index (χ2v) is 6.13. The Balaban J connectivity index is 2.16. The first-order valence-corrected chi connectivity index (χ1v) is 7.91.